The lowest BCUT2D eigenvalue weighted by Crippen LogP contribution is -2.13. The molecule has 0 fully saturated rings. The van der Waals surface area contributed by atoms with Gasteiger partial charge in [0.25, 0.3) is 0 Å². The second kappa shape index (κ2) is 5.31. The Morgan fingerprint density at radius 3 is 2.76 bits per heavy atom. The maximum atomic E-state index is 13.7. The summed E-state index contributed by atoms with van der Waals surface area (Å²) in [4.78, 5) is 0. The summed E-state index contributed by atoms with van der Waals surface area (Å²) in [5.74, 6) is 0. The third-order valence-electron chi connectivity index (χ3n) is 2.28. The molecule has 17 heavy (non-hydrogen) atoms. The minimum atomic E-state index is -0.930. The number of halogens is 1. The Labute approximate surface area is 103 Å². The molecule has 0 bridgehead atoms. The molecule has 92 valence electrons. The van der Waals surface area contributed by atoms with Crippen LogP contribution in [0.5, 0.6) is 0 Å². The van der Waals surface area contributed by atoms with Gasteiger partial charge in [0.15, 0.2) is 0 Å². The molecule has 0 aromatic carbocycles. The topological polar surface area (TPSA) is 56.5 Å². The SMILES string of the molecule is Cc1cn(CC(F)CCc2nnc(C)s2)nn1. The van der Waals surface area contributed by atoms with Crippen LogP contribution in [0.25, 0.3) is 0 Å². The molecule has 0 amide bonds. The first-order valence-corrected chi connectivity index (χ1v) is 6.25. The molecule has 2 heterocycles. The number of aromatic nitrogens is 5. The van der Waals surface area contributed by atoms with Crippen LogP contribution in [-0.4, -0.2) is 31.4 Å². The van der Waals surface area contributed by atoms with Gasteiger partial charge in [-0.15, -0.1) is 26.6 Å². The van der Waals surface area contributed by atoms with Gasteiger partial charge in [0.1, 0.15) is 16.2 Å². The van der Waals surface area contributed by atoms with Gasteiger partial charge in [-0.2, -0.15) is 0 Å². The molecule has 1 atom stereocenters. The van der Waals surface area contributed by atoms with E-state index in [0.29, 0.717) is 12.8 Å². The third kappa shape index (κ3) is 3.55. The zero-order valence-corrected chi connectivity index (χ0v) is 10.6. The summed E-state index contributed by atoms with van der Waals surface area (Å²) in [6.45, 7) is 3.98. The van der Waals surface area contributed by atoms with Crippen LogP contribution in [-0.2, 0) is 13.0 Å². The molecular weight excluding hydrogens is 241 g/mol. The van der Waals surface area contributed by atoms with Gasteiger partial charge in [-0.3, -0.25) is 0 Å². The monoisotopic (exact) mass is 255 g/mol. The lowest BCUT2D eigenvalue weighted by atomic mass is 10.2. The van der Waals surface area contributed by atoms with Crippen molar-refractivity contribution in [1.29, 1.82) is 0 Å². The van der Waals surface area contributed by atoms with E-state index in [2.05, 4.69) is 20.5 Å². The van der Waals surface area contributed by atoms with E-state index in [-0.39, 0.29) is 6.54 Å². The van der Waals surface area contributed by atoms with Gasteiger partial charge in [-0.1, -0.05) is 5.21 Å². The molecule has 2 aromatic rings. The van der Waals surface area contributed by atoms with E-state index in [9.17, 15) is 4.39 Å². The Bertz CT molecular complexity index is 481. The Morgan fingerprint density at radius 2 is 2.18 bits per heavy atom. The van der Waals surface area contributed by atoms with Crippen molar-refractivity contribution in [2.45, 2.75) is 39.4 Å². The molecule has 0 N–H and O–H groups in total. The minimum absolute atomic E-state index is 0.249. The third-order valence-corrected chi connectivity index (χ3v) is 3.18. The fraction of sp³-hybridized carbons (Fsp3) is 0.600. The van der Waals surface area contributed by atoms with Crippen LogP contribution in [0.15, 0.2) is 6.20 Å². The van der Waals surface area contributed by atoms with E-state index >= 15 is 0 Å². The first kappa shape index (κ1) is 12.1. The maximum Gasteiger partial charge on any atom is 0.120 e. The first-order chi connectivity index (χ1) is 8.13. The molecule has 1 unspecified atom stereocenters. The Kier molecular flexibility index (Phi) is 3.78. The number of rotatable bonds is 5. The van der Waals surface area contributed by atoms with Crippen molar-refractivity contribution < 1.29 is 4.39 Å². The lowest BCUT2D eigenvalue weighted by molar-refractivity contribution is 0.267. The summed E-state index contributed by atoms with van der Waals surface area (Å²) >= 11 is 1.52. The fourth-order valence-corrected chi connectivity index (χ4v) is 2.22. The Morgan fingerprint density at radius 1 is 1.35 bits per heavy atom. The Balaban J connectivity index is 1.79. The average Bonchev–Trinajstić information content (AvgIpc) is 2.85. The Hall–Kier alpha value is -1.37. The molecule has 5 nitrogen and oxygen atoms in total. The van der Waals surface area contributed by atoms with Gasteiger partial charge in [-0.05, 0) is 20.3 Å². The molecule has 0 aliphatic heterocycles. The number of nitrogens with zero attached hydrogens (tertiary/aromatic N) is 5. The van der Waals surface area contributed by atoms with Crippen LogP contribution in [0, 0.1) is 13.8 Å². The second-order valence-corrected chi connectivity index (χ2v) is 5.20. The normalized spacial score (nSPS) is 12.9. The molecule has 2 rings (SSSR count). The van der Waals surface area contributed by atoms with Gasteiger partial charge >= 0.3 is 0 Å². The summed E-state index contributed by atoms with van der Waals surface area (Å²) in [5, 5.41) is 17.3. The summed E-state index contributed by atoms with van der Waals surface area (Å²) in [5.41, 5.74) is 0.803. The van der Waals surface area contributed by atoms with E-state index in [1.165, 1.54) is 16.0 Å². The summed E-state index contributed by atoms with van der Waals surface area (Å²) in [7, 11) is 0. The van der Waals surface area contributed by atoms with Crippen molar-refractivity contribution in [3.63, 3.8) is 0 Å². The fourth-order valence-electron chi connectivity index (χ4n) is 1.50. The minimum Gasteiger partial charge on any atom is -0.249 e. The van der Waals surface area contributed by atoms with Crippen molar-refractivity contribution in [2.75, 3.05) is 0 Å². The predicted molar refractivity (Wildman–Crippen MR) is 62.6 cm³/mol. The molecule has 2 aromatic heterocycles. The van der Waals surface area contributed by atoms with Crippen LogP contribution < -0.4 is 0 Å². The molecule has 7 heteroatoms. The van der Waals surface area contributed by atoms with Crippen molar-refractivity contribution in [1.82, 2.24) is 25.2 Å². The van der Waals surface area contributed by atoms with Crippen LogP contribution in [0.3, 0.4) is 0 Å². The molecule has 0 aliphatic carbocycles. The van der Waals surface area contributed by atoms with E-state index in [0.717, 1.165) is 15.7 Å². The summed E-state index contributed by atoms with van der Waals surface area (Å²) in [6.07, 6.45) is 1.87. The van der Waals surface area contributed by atoms with Crippen LogP contribution >= 0.6 is 11.3 Å². The summed E-state index contributed by atoms with van der Waals surface area (Å²) in [6, 6.07) is 0. The molecule has 0 saturated heterocycles. The number of alkyl halides is 1. The number of hydrogen-bond donors (Lipinski definition) is 0. The molecular formula is C10H14FN5S. The van der Waals surface area contributed by atoms with E-state index in [1.54, 1.807) is 6.20 Å². The largest absolute Gasteiger partial charge is 0.249 e. The molecule has 0 aliphatic rings. The summed E-state index contributed by atoms with van der Waals surface area (Å²) < 4.78 is 15.2. The van der Waals surface area contributed by atoms with Gasteiger partial charge in [-0.25, -0.2) is 9.07 Å². The highest BCUT2D eigenvalue weighted by Gasteiger charge is 2.10. The van der Waals surface area contributed by atoms with Crippen molar-refractivity contribution >= 4 is 11.3 Å². The van der Waals surface area contributed by atoms with E-state index < -0.39 is 6.17 Å². The van der Waals surface area contributed by atoms with Gasteiger partial charge in [0.05, 0.1) is 12.2 Å². The molecule has 0 radical (unpaired) electrons. The van der Waals surface area contributed by atoms with Crippen molar-refractivity contribution in [2.24, 2.45) is 0 Å². The van der Waals surface area contributed by atoms with Crippen molar-refractivity contribution in [3.05, 3.63) is 21.9 Å². The smallest absolute Gasteiger partial charge is 0.120 e. The molecule has 0 spiro atoms. The zero-order valence-electron chi connectivity index (χ0n) is 9.80. The first-order valence-electron chi connectivity index (χ1n) is 5.43. The highest BCUT2D eigenvalue weighted by atomic mass is 32.1. The number of aryl methyl sites for hydroxylation is 3. The maximum absolute atomic E-state index is 13.7. The van der Waals surface area contributed by atoms with E-state index in [4.69, 9.17) is 0 Å². The standard InChI is InChI=1S/C10H14FN5S/c1-7-5-16(15-12-7)6-9(11)3-4-10-14-13-8(2)17-10/h5,9H,3-4,6H2,1-2H3. The molecule has 0 saturated carbocycles. The number of hydrogen-bond acceptors (Lipinski definition) is 5. The van der Waals surface area contributed by atoms with Crippen molar-refractivity contribution in [3.8, 4) is 0 Å². The highest BCUT2D eigenvalue weighted by Crippen LogP contribution is 2.13. The van der Waals surface area contributed by atoms with Gasteiger partial charge in [0.2, 0.25) is 0 Å². The van der Waals surface area contributed by atoms with Crippen LogP contribution in [0.1, 0.15) is 22.1 Å². The van der Waals surface area contributed by atoms with Crippen LogP contribution in [0.2, 0.25) is 0 Å². The van der Waals surface area contributed by atoms with Gasteiger partial charge in [0, 0.05) is 12.6 Å². The van der Waals surface area contributed by atoms with Gasteiger partial charge < -0.3 is 0 Å². The van der Waals surface area contributed by atoms with Crippen LogP contribution in [0.4, 0.5) is 4.39 Å². The highest BCUT2D eigenvalue weighted by molar-refractivity contribution is 7.11. The van der Waals surface area contributed by atoms with E-state index in [1.807, 2.05) is 13.8 Å². The zero-order chi connectivity index (χ0) is 12.3. The quantitative estimate of drug-likeness (QED) is 0.816. The average molecular weight is 255 g/mol. The lowest BCUT2D eigenvalue weighted by Gasteiger charge is -2.05. The second-order valence-electron chi connectivity index (χ2n) is 3.93. The predicted octanol–water partition coefficient (Wildman–Crippen LogP) is 1.72.